The summed E-state index contributed by atoms with van der Waals surface area (Å²) in [6.07, 6.45) is 2.30. The molecule has 0 aromatic heterocycles. The van der Waals surface area contributed by atoms with Crippen molar-refractivity contribution in [3.8, 4) is 0 Å². The molecular weight excluding hydrogens is 308 g/mol. The predicted molar refractivity (Wildman–Crippen MR) is 79.1 cm³/mol. The lowest BCUT2D eigenvalue weighted by Gasteiger charge is -2.24. The van der Waals surface area contributed by atoms with Gasteiger partial charge in [0.05, 0.1) is 6.10 Å². The highest BCUT2D eigenvalue weighted by Gasteiger charge is 2.22. The molecular formula is C14H19BrN2O2. The smallest absolute Gasteiger partial charge is 0.254 e. The molecule has 4 nitrogen and oxygen atoms in total. The lowest BCUT2D eigenvalue weighted by Crippen LogP contribution is -2.37. The average Bonchev–Trinajstić information content (AvgIpc) is 2.91. The van der Waals surface area contributed by atoms with Crippen LogP contribution in [0, 0.1) is 0 Å². The van der Waals surface area contributed by atoms with Gasteiger partial charge in [0.1, 0.15) is 0 Å². The number of likely N-dealkylation sites (N-methyl/N-ethyl adjacent to an activating group) is 1. The summed E-state index contributed by atoms with van der Waals surface area (Å²) in [7, 11) is 0. The number of rotatable bonds is 4. The largest absolute Gasteiger partial charge is 0.398 e. The fourth-order valence-corrected chi connectivity index (χ4v) is 2.50. The van der Waals surface area contributed by atoms with Gasteiger partial charge in [-0.25, -0.2) is 0 Å². The molecule has 1 aromatic rings. The molecule has 2 N–H and O–H groups in total. The van der Waals surface area contributed by atoms with Crippen molar-refractivity contribution in [3.63, 3.8) is 0 Å². The lowest BCUT2D eigenvalue weighted by atomic mass is 10.1. The zero-order chi connectivity index (χ0) is 13.8. The minimum absolute atomic E-state index is 0.0113. The number of ether oxygens (including phenoxy) is 1. The van der Waals surface area contributed by atoms with Crippen molar-refractivity contribution in [2.75, 3.05) is 25.4 Å². The van der Waals surface area contributed by atoms with Gasteiger partial charge in [0.2, 0.25) is 0 Å². The van der Waals surface area contributed by atoms with Crippen LogP contribution < -0.4 is 5.73 Å². The van der Waals surface area contributed by atoms with Gasteiger partial charge in [-0.3, -0.25) is 4.79 Å². The Labute approximate surface area is 122 Å². The van der Waals surface area contributed by atoms with Gasteiger partial charge in [-0.05, 0) is 53.9 Å². The Morgan fingerprint density at radius 1 is 1.58 bits per heavy atom. The SMILES string of the molecule is CCN(CC1CCCO1)C(=O)c1ccc(Br)c(N)c1. The Hall–Kier alpha value is -1.07. The molecule has 1 fully saturated rings. The first-order valence-electron chi connectivity index (χ1n) is 6.57. The highest BCUT2D eigenvalue weighted by molar-refractivity contribution is 9.10. The van der Waals surface area contributed by atoms with E-state index < -0.39 is 0 Å². The Morgan fingerprint density at radius 3 is 2.95 bits per heavy atom. The number of anilines is 1. The highest BCUT2D eigenvalue weighted by atomic mass is 79.9. The monoisotopic (exact) mass is 326 g/mol. The predicted octanol–water partition coefficient (Wildman–Crippen LogP) is 2.67. The average molecular weight is 327 g/mol. The molecule has 19 heavy (non-hydrogen) atoms. The van der Waals surface area contributed by atoms with Crippen LogP contribution in [0.1, 0.15) is 30.1 Å². The topological polar surface area (TPSA) is 55.6 Å². The first-order chi connectivity index (χ1) is 9.11. The number of hydrogen-bond donors (Lipinski definition) is 1. The van der Waals surface area contributed by atoms with Crippen molar-refractivity contribution in [1.29, 1.82) is 0 Å². The van der Waals surface area contributed by atoms with E-state index in [1.54, 1.807) is 12.1 Å². The van der Waals surface area contributed by atoms with Gasteiger partial charge >= 0.3 is 0 Å². The van der Waals surface area contributed by atoms with E-state index in [1.165, 1.54) is 0 Å². The maximum Gasteiger partial charge on any atom is 0.254 e. The van der Waals surface area contributed by atoms with Gasteiger partial charge in [0.15, 0.2) is 0 Å². The number of halogens is 1. The summed E-state index contributed by atoms with van der Waals surface area (Å²) in [5, 5.41) is 0. The number of nitrogens with zero attached hydrogens (tertiary/aromatic N) is 1. The lowest BCUT2D eigenvalue weighted by molar-refractivity contribution is 0.0539. The molecule has 1 aliphatic heterocycles. The molecule has 0 bridgehead atoms. The number of hydrogen-bond acceptors (Lipinski definition) is 3. The van der Waals surface area contributed by atoms with Crippen molar-refractivity contribution >= 4 is 27.5 Å². The van der Waals surface area contributed by atoms with Gasteiger partial charge in [-0.1, -0.05) is 0 Å². The van der Waals surface area contributed by atoms with Crippen LogP contribution in [0.2, 0.25) is 0 Å². The molecule has 5 heteroatoms. The molecule has 1 unspecified atom stereocenters. The van der Waals surface area contributed by atoms with E-state index in [4.69, 9.17) is 10.5 Å². The molecule has 1 aliphatic rings. The molecule has 1 saturated heterocycles. The van der Waals surface area contributed by atoms with Gasteiger partial charge < -0.3 is 15.4 Å². The summed E-state index contributed by atoms with van der Waals surface area (Å²) in [6, 6.07) is 5.31. The van der Waals surface area contributed by atoms with Crippen LogP contribution >= 0.6 is 15.9 Å². The number of nitrogen functional groups attached to an aromatic ring is 1. The van der Waals surface area contributed by atoms with Gasteiger partial charge in [0.25, 0.3) is 5.91 Å². The molecule has 2 rings (SSSR count). The Bertz CT molecular complexity index is 459. The van der Waals surface area contributed by atoms with E-state index in [-0.39, 0.29) is 12.0 Å². The number of carbonyl (C=O) groups is 1. The van der Waals surface area contributed by atoms with Crippen molar-refractivity contribution in [3.05, 3.63) is 28.2 Å². The summed E-state index contributed by atoms with van der Waals surface area (Å²) < 4.78 is 6.40. The van der Waals surface area contributed by atoms with Crippen LogP contribution in [0.4, 0.5) is 5.69 Å². The normalized spacial score (nSPS) is 18.5. The van der Waals surface area contributed by atoms with Crippen LogP contribution in [-0.4, -0.2) is 36.6 Å². The standard InChI is InChI=1S/C14H19BrN2O2/c1-2-17(9-11-4-3-7-19-11)14(18)10-5-6-12(15)13(16)8-10/h5-6,8,11H,2-4,7,9,16H2,1H3. The maximum absolute atomic E-state index is 12.4. The van der Waals surface area contributed by atoms with Crippen molar-refractivity contribution in [1.82, 2.24) is 4.90 Å². The number of amides is 1. The summed E-state index contributed by atoms with van der Waals surface area (Å²) in [4.78, 5) is 14.2. The van der Waals surface area contributed by atoms with Crippen LogP contribution in [0.25, 0.3) is 0 Å². The first kappa shape index (κ1) is 14.3. The maximum atomic E-state index is 12.4. The summed E-state index contributed by atoms with van der Waals surface area (Å²) in [5.74, 6) is 0.0113. The van der Waals surface area contributed by atoms with E-state index in [9.17, 15) is 4.79 Å². The van der Waals surface area contributed by atoms with Crippen LogP contribution in [-0.2, 0) is 4.74 Å². The zero-order valence-corrected chi connectivity index (χ0v) is 12.6. The highest BCUT2D eigenvalue weighted by Crippen LogP contribution is 2.21. The van der Waals surface area contributed by atoms with Gasteiger partial charge in [0, 0.05) is 35.4 Å². The van der Waals surface area contributed by atoms with Gasteiger partial charge in [-0.2, -0.15) is 0 Å². The molecule has 0 saturated carbocycles. The second-order valence-corrected chi connectivity index (χ2v) is 5.57. The van der Waals surface area contributed by atoms with E-state index in [2.05, 4.69) is 15.9 Å². The Kier molecular flexibility index (Phi) is 4.82. The van der Waals surface area contributed by atoms with Crippen molar-refractivity contribution in [2.45, 2.75) is 25.9 Å². The summed E-state index contributed by atoms with van der Waals surface area (Å²) >= 11 is 3.33. The van der Waals surface area contributed by atoms with Crippen LogP contribution in [0.15, 0.2) is 22.7 Å². The quantitative estimate of drug-likeness (QED) is 0.865. The van der Waals surface area contributed by atoms with Crippen molar-refractivity contribution in [2.24, 2.45) is 0 Å². The van der Waals surface area contributed by atoms with E-state index >= 15 is 0 Å². The third-order valence-corrected chi connectivity index (χ3v) is 4.08. The molecule has 104 valence electrons. The summed E-state index contributed by atoms with van der Waals surface area (Å²) in [6.45, 7) is 4.12. The number of nitrogens with two attached hydrogens (primary N) is 1. The molecule has 0 aliphatic carbocycles. The number of benzene rings is 1. The minimum Gasteiger partial charge on any atom is -0.398 e. The van der Waals surface area contributed by atoms with Crippen LogP contribution in [0.5, 0.6) is 0 Å². The third-order valence-electron chi connectivity index (χ3n) is 3.36. The van der Waals surface area contributed by atoms with Crippen molar-refractivity contribution < 1.29 is 9.53 Å². The van der Waals surface area contributed by atoms with E-state index in [0.29, 0.717) is 24.3 Å². The van der Waals surface area contributed by atoms with Crippen LogP contribution in [0.3, 0.4) is 0 Å². The molecule has 1 heterocycles. The molecule has 0 radical (unpaired) electrons. The fraction of sp³-hybridized carbons (Fsp3) is 0.500. The second kappa shape index (κ2) is 6.39. The van der Waals surface area contributed by atoms with Gasteiger partial charge in [-0.15, -0.1) is 0 Å². The third kappa shape index (κ3) is 3.48. The molecule has 1 aromatic carbocycles. The second-order valence-electron chi connectivity index (χ2n) is 4.72. The Morgan fingerprint density at radius 2 is 2.37 bits per heavy atom. The fourth-order valence-electron chi connectivity index (χ4n) is 2.25. The van der Waals surface area contributed by atoms with E-state index in [0.717, 1.165) is 23.9 Å². The molecule has 1 amide bonds. The molecule has 0 spiro atoms. The Balaban J connectivity index is 2.08. The van der Waals surface area contributed by atoms with E-state index in [1.807, 2.05) is 17.9 Å². The molecule has 1 atom stereocenters. The first-order valence-corrected chi connectivity index (χ1v) is 7.37. The zero-order valence-electron chi connectivity index (χ0n) is 11.1. The number of carbonyl (C=O) groups excluding carboxylic acids is 1. The minimum atomic E-state index is 0.0113. The summed E-state index contributed by atoms with van der Waals surface area (Å²) in [5.41, 5.74) is 7.03.